The van der Waals surface area contributed by atoms with Gasteiger partial charge in [-0.2, -0.15) is 0 Å². The fraction of sp³-hybridized carbons (Fsp3) is 0.182. The van der Waals surface area contributed by atoms with Gasteiger partial charge in [-0.15, -0.1) is 11.6 Å². The van der Waals surface area contributed by atoms with Gasteiger partial charge in [0.15, 0.2) is 0 Å². The Labute approximate surface area is 112 Å². The van der Waals surface area contributed by atoms with Crippen LogP contribution in [0.1, 0.15) is 7.12 Å². The molecule has 1 heterocycles. The largest absolute Gasteiger partial charge is 1.00 e. The van der Waals surface area contributed by atoms with Gasteiger partial charge in [-0.3, -0.25) is 4.98 Å². The molecule has 14 heavy (non-hydrogen) atoms. The molecule has 0 N–H and O–H groups in total. The number of nitrogens with zero attached hydrogens (tertiary/aromatic N) is 1. The summed E-state index contributed by atoms with van der Waals surface area (Å²) in [5.74, 6) is 0.630. The number of pyridine rings is 1. The van der Waals surface area contributed by atoms with Gasteiger partial charge in [0.1, 0.15) is 0 Å². The minimum atomic E-state index is 0. The number of aromatic nitrogens is 1. The van der Waals surface area contributed by atoms with E-state index in [1.807, 2.05) is 18.3 Å². The Kier molecular flexibility index (Phi) is 4.90. The molecule has 0 saturated carbocycles. The number of benzene rings is 1. The summed E-state index contributed by atoms with van der Waals surface area (Å²) in [5.41, 5.74) is 1.06. The average Bonchev–Trinajstić information content (AvgIpc) is 2.18. The van der Waals surface area contributed by atoms with Crippen LogP contribution >= 0.6 is 11.6 Å². The number of hydrogen-bond acceptors (Lipinski definition) is 1. The molecular weight excluding hydrogens is 205 g/mol. The first-order chi connectivity index (χ1) is 6.40. The van der Waals surface area contributed by atoms with Crippen molar-refractivity contribution in [2.75, 3.05) is 5.88 Å². The summed E-state index contributed by atoms with van der Waals surface area (Å²) in [5, 5.41) is 2.42. The molecular formula is C11H11ClNNa. The van der Waals surface area contributed by atoms with Crippen LogP contribution in [0.3, 0.4) is 0 Å². The summed E-state index contributed by atoms with van der Waals surface area (Å²) >= 11 is 5.65. The molecule has 0 aliphatic heterocycles. The second-order valence-corrected chi connectivity index (χ2v) is 3.34. The van der Waals surface area contributed by atoms with E-state index in [9.17, 15) is 0 Å². The third-order valence-electron chi connectivity index (χ3n) is 2.04. The van der Waals surface area contributed by atoms with Crippen molar-refractivity contribution in [2.45, 2.75) is 6.42 Å². The van der Waals surface area contributed by atoms with E-state index in [1.165, 1.54) is 10.8 Å². The Hall–Kier alpha value is -0.0800. The molecule has 2 rings (SSSR count). The Morgan fingerprint density at radius 1 is 1.21 bits per heavy atom. The van der Waals surface area contributed by atoms with Crippen molar-refractivity contribution >= 4 is 22.4 Å². The molecule has 0 bridgehead atoms. The normalized spacial score (nSPS) is 9.79. The monoisotopic (exact) mass is 215 g/mol. The van der Waals surface area contributed by atoms with Crippen LogP contribution < -0.4 is 29.6 Å². The Balaban J connectivity index is 0.000000980. The van der Waals surface area contributed by atoms with Crippen molar-refractivity contribution < 1.29 is 31.0 Å². The van der Waals surface area contributed by atoms with Crippen LogP contribution in [0.4, 0.5) is 0 Å². The van der Waals surface area contributed by atoms with Gasteiger partial charge >= 0.3 is 29.6 Å². The number of rotatable bonds is 2. The van der Waals surface area contributed by atoms with Gasteiger partial charge in [0.25, 0.3) is 0 Å². The summed E-state index contributed by atoms with van der Waals surface area (Å²) in [4.78, 5) is 4.31. The van der Waals surface area contributed by atoms with E-state index in [4.69, 9.17) is 11.6 Å². The average molecular weight is 216 g/mol. The summed E-state index contributed by atoms with van der Waals surface area (Å²) in [6, 6.07) is 10.3. The molecule has 0 saturated heterocycles. The van der Waals surface area contributed by atoms with Crippen molar-refractivity contribution in [3.05, 3.63) is 42.2 Å². The predicted molar refractivity (Wildman–Crippen MR) is 57.3 cm³/mol. The van der Waals surface area contributed by atoms with Gasteiger partial charge in [0.2, 0.25) is 0 Å². The van der Waals surface area contributed by atoms with Crippen molar-refractivity contribution in [1.29, 1.82) is 0 Å². The molecule has 0 atom stereocenters. The fourth-order valence-electron chi connectivity index (χ4n) is 1.36. The summed E-state index contributed by atoms with van der Waals surface area (Å²) in [6.45, 7) is 0. The van der Waals surface area contributed by atoms with Gasteiger partial charge in [0, 0.05) is 29.6 Å². The molecule has 1 aromatic heterocycles. The quantitative estimate of drug-likeness (QED) is 0.513. The molecule has 0 aliphatic rings. The summed E-state index contributed by atoms with van der Waals surface area (Å²) < 4.78 is 0. The summed E-state index contributed by atoms with van der Waals surface area (Å²) in [6.07, 6.45) is 2.74. The fourth-order valence-corrected chi connectivity index (χ4v) is 1.56. The topological polar surface area (TPSA) is 12.9 Å². The van der Waals surface area contributed by atoms with Crippen molar-refractivity contribution in [2.24, 2.45) is 0 Å². The molecule has 0 amide bonds. The van der Waals surface area contributed by atoms with E-state index in [-0.39, 0.29) is 31.0 Å². The maximum Gasteiger partial charge on any atom is 1.00 e. The zero-order valence-electron chi connectivity index (χ0n) is 9.20. The SMILES string of the molecule is ClCCc1cc2ccccc2cn1.[H-].[Na+]. The second-order valence-electron chi connectivity index (χ2n) is 2.96. The first-order valence-electron chi connectivity index (χ1n) is 4.30. The van der Waals surface area contributed by atoms with Gasteiger partial charge in [-0.25, -0.2) is 0 Å². The van der Waals surface area contributed by atoms with Crippen LogP contribution in [-0.4, -0.2) is 10.9 Å². The minimum Gasteiger partial charge on any atom is -1.00 e. The second kappa shape index (κ2) is 5.72. The van der Waals surface area contributed by atoms with E-state index in [1.54, 1.807) is 0 Å². The number of alkyl halides is 1. The van der Waals surface area contributed by atoms with E-state index in [0.717, 1.165) is 12.1 Å². The van der Waals surface area contributed by atoms with Crippen LogP contribution in [0.2, 0.25) is 0 Å². The third kappa shape index (κ3) is 2.71. The maximum absolute atomic E-state index is 5.65. The predicted octanol–water partition coefficient (Wildman–Crippen LogP) is 0.133. The van der Waals surface area contributed by atoms with Gasteiger partial charge in [-0.1, -0.05) is 24.3 Å². The van der Waals surface area contributed by atoms with E-state index in [0.29, 0.717) is 5.88 Å². The van der Waals surface area contributed by atoms with Crippen LogP contribution in [-0.2, 0) is 6.42 Å². The maximum atomic E-state index is 5.65. The van der Waals surface area contributed by atoms with Crippen LogP contribution in [0, 0.1) is 0 Å². The number of halogens is 1. The zero-order chi connectivity index (χ0) is 9.10. The van der Waals surface area contributed by atoms with Crippen LogP contribution in [0.5, 0.6) is 0 Å². The number of aryl methyl sites for hydroxylation is 1. The first kappa shape index (κ1) is 12.0. The van der Waals surface area contributed by atoms with Gasteiger partial charge in [-0.05, 0) is 11.5 Å². The molecule has 0 unspecified atom stereocenters. The smallest absolute Gasteiger partial charge is 1.00 e. The standard InChI is InChI=1S/C11H10ClN.Na.H/c12-6-5-11-7-9-3-1-2-4-10(9)8-13-11;;/h1-4,7-8H,5-6H2;;/q;+1;-1. The van der Waals surface area contributed by atoms with Crippen molar-refractivity contribution in [1.82, 2.24) is 4.98 Å². The Bertz CT molecular complexity index is 422. The number of fused-ring (bicyclic) bond motifs is 1. The Morgan fingerprint density at radius 2 is 1.93 bits per heavy atom. The molecule has 1 nitrogen and oxygen atoms in total. The number of hydrogen-bond donors (Lipinski definition) is 0. The van der Waals surface area contributed by atoms with Gasteiger partial charge in [0.05, 0.1) is 0 Å². The molecule has 0 radical (unpaired) electrons. The molecule has 0 fully saturated rings. The molecule has 68 valence electrons. The zero-order valence-corrected chi connectivity index (χ0v) is 11.0. The van der Waals surface area contributed by atoms with E-state index in [2.05, 4.69) is 23.2 Å². The van der Waals surface area contributed by atoms with Crippen molar-refractivity contribution in [3.8, 4) is 0 Å². The van der Waals surface area contributed by atoms with Crippen molar-refractivity contribution in [3.63, 3.8) is 0 Å². The molecule has 1 aromatic carbocycles. The van der Waals surface area contributed by atoms with Crippen LogP contribution in [0.25, 0.3) is 10.8 Å². The summed E-state index contributed by atoms with van der Waals surface area (Å²) in [7, 11) is 0. The molecule has 0 spiro atoms. The Morgan fingerprint density at radius 3 is 2.64 bits per heavy atom. The molecule has 3 heteroatoms. The molecule has 0 aliphatic carbocycles. The molecule has 2 aromatic rings. The van der Waals surface area contributed by atoms with E-state index < -0.39 is 0 Å². The van der Waals surface area contributed by atoms with Crippen LogP contribution in [0.15, 0.2) is 36.5 Å². The minimum absolute atomic E-state index is 0. The van der Waals surface area contributed by atoms with E-state index >= 15 is 0 Å². The first-order valence-corrected chi connectivity index (χ1v) is 4.83. The van der Waals surface area contributed by atoms with Gasteiger partial charge < -0.3 is 1.43 Å². The third-order valence-corrected chi connectivity index (χ3v) is 2.23.